The molecule has 6 heteroatoms. The lowest BCUT2D eigenvalue weighted by atomic mass is 9.62. The van der Waals surface area contributed by atoms with Crippen molar-refractivity contribution in [3.8, 4) is 0 Å². The topological polar surface area (TPSA) is 107 Å². The Labute approximate surface area is 124 Å². The van der Waals surface area contributed by atoms with E-state index in [1.807, 2.05) is 0 Å². The van der Waals surface area contributed by atoms with Gasteiger partial charge >= 0.3 is 5.97 Å². The minimum atomic E-state index is -0.792. The molecule has 1 aliphatic heterocycles. The molecule has 0 radical (unpaired) electrons. The van der Waals surface area contributed by atoms with Crippen LogP contribution in [0, 0.1) is 11.8 Å². The quantitative estimate of drug-likeness (QED) is 0.573. The van der Waals surface area contributed by atoms with Crippen LogP contribution in [-0.4, -0.2) is 63.1 Å². The normalized spacial score (nSPS) is 45.5. The molecule has 3 aliphatic rings. The highest BCUT2D eigenvalue weighted by Gasteiger charge is 2.51. The van der Waals surface area contributed by atoms with Crippen molar-refractivity contribution < 1.29 is 20.1 Å². The SMILES string of the molecule is N[C@@H]1C[C@H](O)[C@@H](N2CCC(C3(O)CC(C(=O)O)C3)CC2)C1. The number of hydrogen-bond acceptors (Lipinski definition) is 5. The molecule has 3 rings (SSSR count). The van der Waals surface area contributed by atoms with Gasteiger partial charge in [-0.05, 0) is 57.5 Å². The van der Waals surface area contributed by atoms with Gasteiger partial charge in [-0.3, -0.25) is 9.69 Å². The largest absolute Gasteiger partial charge is 0.481 e. The van der Waals surface area contributed by atoms with E-state index >= 15 is 0 Å². The maximum absolute atomic E-state index is 10.9. The second-order valence-electron chi connectivity index (χ2n) is 7.22. The van der Waals surface area contributed by atoms with E-state index in [4.69, 9.17) is 10.8 Å². The zero-order valence-electron chi connectivity index (χ0n) is 12.3. The minimum Gasteiger partial charge on any atom is -0.481 e. The van der Waals surface area contributed by atoms with Crippen molar-refractivity contribution in [1.29, 1.82) is 0 Å². The van der Waals surface area contributed by atoms with E-state index < -0.39 is 11.6 Å². The second kappa shape index (κ2) is 5.50. The first-order chi connectivity index (χ1) is 9.89. The average Bonchev–Trinajstić information content (AvgIpc) is 2.74. The van der Waals surface area contributed by atoms with Crippen molar-refractivity contribution in [1.82, 2.24) is 4.90 Å². The number of carbonyl (C=O) groups is 1. The Hall–Kier alpha value is -0.690. The summed E-state index contributed by atoms with van der Waals surface area (Å²) in [6.07, 6.45) is 3.72. The maximum atomic E-state index is 10.9. The zero-order valence-corrected chi connectivity index (χ0v) is 12.3. The Balaban J connectivity index is 1.51. The monoisotopic (exact) mass is 298 g/mol. The van der Waals surface area contributed by atoms with Crippen LogP contribution in [0.3, 0.4) is 0 Å². The fourth-order valence-corrected chi connectivity index (χ4v) is 4.49. The van der Waals surface area contributed by atoms with Crippen LogP contribution in [0.4, 0.5) is 0 Å². The average molecular weight is 298 g/mol. The predicted octanol–water partition coefficient (Wildman–Crippen LogP) is -0.225. The summed E-state index contributed by atoms with van der Waals surface area (Å²) >= 11 is 0. The molecule has 6 nitrogen and oxygen atoms in total. The van der Waals surface area contributed by atoms with Crippen LogP contribution >= 0.6 is 0 Å². The molecule has 21 heavy (non-hydrogen) atoms. The van der Waals surface area contributed by atoms with Crippen LogP contribution in [0.2, 0.25) is 0 Å². The van der Waals surface area contributed by atoms with E-state index in [2.05, 4.69) is 4.90 Å². The first kappa shape index (κ1) is 15.2. The van der Waals surface area contributed by atoms with Gasteiger partial charge in [-0.25, -0.2) is 0 Å². The third-order valence-corrected chi connectivity index (χ3v) is 5.84. The smallest absolute Gasteiger partial charge is 0.306 e. The van der Waals surface area contributed by atoms with Crippen LogP contribution in [0.25, 0.3) is 0 Å². The molecule has 1 heterocycles. The lowest BCUT2D eigenvalue weighted by Gasteiger charge is -2.50. The summed E-state index contributed by atoms with van der Waals surface area (Å²) in [4.78, 5) is 13.2. The standard InChI is InChI=1S/C15H26N2O4/c16-11-5-12(13(18)6-11)17-3-1-10(2-4-17)15(21)7-9(8-15)14(19)20/h9-13,18,21H,1-8,16H2,(H,19,20)/t9?,11-,12-,13-,15?/m0/s1. The molecule has 3 fully saturated rings. The summed E-state index contributed by atoms with van der Waals surface area (Å²) in [5.74, 6) is -0.973. The predicted molar refractivity (Wildman–Crippen MR) is 76.6 cm³/mol. The molecule has 0 aromatic heterocycles. The number of aliphatic hydroxyl groups is 2. The molecule has 0 unspecified atom stereocenters. The summed E-state index contributed by atoms with van der Waals surface area (Å²) in [5, 5.41) is 29.5. The number of aliphatic hydroxyl groups excluding tert-OH is 1. The van der Waals surface area contributed by atoms with Crippen LogP contribution in [0.15, 0.2) is 0 Å². The molecule has 0 bridgehead atoms. The third kappa shape index (κ3) is 2.82. The lowest BCUT2D eigenvalue weighted by Crippen LogP contribution is -2.56. The van der Waals surface area contributed by atoms with E-state index in [0.29, 0.717) is 19.3 Å². The van der Waals surface area contributed by atoms with E-state index in [1.165, 1.54) is 0 Å². The summed E-state index contributed by atoms with van der Waals surface area (Å²) in [6.45, 7) is 1.72. The second-order valence-corrected chi connectivity index (χ2v) is 7.22. The summed E-state index contributed by atoms with van der Waals surface area (Å²) in [7, 11) is 0. The molecule has 3 atom stereocenters. The fraction of sp³-hybridized carbons (Fsp3) is 0.933. The van der Waals surface area contributed by atoms with Gasteiger partial charge in [0, 0.05) is 12.1 Å². The van der Waals surface area contributed by atoms with Crippen molar-refractivity contribution in [3.63, 3.8) is 0 Å². The molecule has 0 aromatic carbocycles. The van der Waals surface area contributed by atoms with Gasteiger partial charge in [0.2, 0.25) is 0 Å². The molecule has 120 valence electrons. The number of carboxylic acid groups (broad SMARTS) is 1. The highest BCUT2D eigenvalue weighted by Crippen LogP contribution is 2.47. The highest BCUT2D eigenvalue weighted by atomic mass is 16.4. The number of rotatable bonds is 3. The summed E-state index contributed by atoms with van der Waals surface area (Å²) in [6, 6.07) is 0.249. The van der Waals surface area contributed by atoms with Crippen molar-refractivity contribution in [3.05, 3.63) is 0 Å². The van der Waals surface area contributed by atoms with Crippen LogP contribution < -0.4 is 5.73 Å². The number of piperidine rings is 1. The molecule has 1 saturated heterocycles. The number of likely N-dealkylation sites (tertiary alicyclic amines) is 1. The molecule has 0 amide bonds. The first-order valence-corrected chi connectivity index (χ1v) is 8.02. The Bertz CT molecular complexity index is 402. The molecule has 2 aliphatic carbocycles. The minimum absolute atomic E-state index is 0.0925. The molecular formula is C15H26N2O4. The Morgan fingerprint density at radius 2 is 1.81 bits per heavy atom. The lowest BCUT2D eigenvalue weighted by molar-refractivity contribution is -0.170. The van der Waals surface area contributed by atoms with E-state index in [-0.39, 0.29) is 30.0 Å². The maximum Gasteiger partial charge on any atom is 0.306 e. The van der Waals surface area contributed by atoms with Gasteiger partial charge in [-0.15, -0.1) is 0 Å². The van der Waals surface area contributed by atoms with E-state index in [9.17, 15) is 15.0 Å². The van der Waals surface area contributed by atoms with Gasteiger partial charge < -0.3 is 21.1 Å². The van der Waals surface area contributed by atoms with Gasteiger partial charge in [-0.2, -0.15) is 0 Å². The van der Waals surface area contributed by atoms with Gasteiger partial charge in [0.1, 0.15) is 0 Å². The third-order valence-electron chi connectivity index (χ3n) is 5.84. The van der Waals surface area contributed by atoms with Crippen LogP contribution in [-0.2, 0) is 4.79 Å². The van der Waals surface area contributed by atoms with Crippen LogP contribution in [0.5, 0.6) is 0 Å². The van der Waals surface area contributed by atoms with Crippen molar-refractivity contribution in [2.24, 2.45) is 17.6 Å². The van der Waals surface area contributed by atoms with E-state index in [0.717, 1.165) is 32.4 Å². The Morgan fingerprint density at radius 3 is 2.29 bits per heavy atom. The van der Waals surface area contributed by atoms with Crippen molar-refractivity contribution in [2.45, 2.75) is 62.3 Å². The first-order valence-electron chi connectivity index (χ1n) is 8.02. The summed E-state index contributed by atoms with van der Waals surface area (Å²) in [5.41, 5.74) is 5.13. The molecule has 5 N–H and O–H groups in total. The van der Waals surface area contributed by atoms with Gasteiger partial charge in [0.25, 0.3) is 0 Å². The molecule has 0 aromatic rings. The van der Waals surface area contributed by atoms with E-state index in [1.54, 1.807) is 0 Å². The van der Waals surface area contributed by atoms with Crippen LogP contribution in [0.1, 0.15) is 38.5 Å². The number of nitrogens with two attached hydrogens (primary N) is 1. The number of carboxylic acids is 1. The number of nitrogens with zero attached hydrogens (tertiary/aromatic N) is 1. The van der Waals surface area contributed by atoms with Gasteiger partial charge in [0.05, 0.1) is 17.6 Å². The zero-order chi connectivity index (χ0) is 15.2. The molecule has 0 spiro atoms. The number of hydrogen-bond donors (Lipinski definition) is 4. The van der Waals surface area contributed by atoms with Gasteiger partial charge in [0.15, 0.2) is 0 Å². The van der Waals surface area contributed by atoms with Gasteiger partial charge in [-0.1, -0.05) is 0 Å². The number of aliphatic carboxylic acids is 1. The summed E-state index contributed by atoms with van der Waals surface area (Å²) < 4.78 is 0. The fourth-order valence-electron chi connectivity index (χ4n) is 4.49. The Kier molecular flexibility index (Phi) is 3.98. The highest BCUT2D eigenvalue weighted by molar-refractivity contribution is 5.71. The molecule has 2 saturated carbocycles. The van der Waals surface area contributed by atoms with Crippen molar-refractivity contribution >= 4 is 5.97 Å². The molecular weight excluding hydrogens is 272 g/mol. The Morgan fingerprint density at radius 1 is 1.19 bits per heavy atom. The van der Waals surface area contributed by atoms with Crippen molar-refractivity contribution in [2.75, 3.05) is 13.1 Å².